The molecule has 0 saturated carbocycles. The number of nitrogens with zero attached hydrogens (tertiary/aromatic N) is 2. The van der Waals surface area contributed by atoms with E-state index in [2.05, 4.69) is 9.97 Å². The zero-order valence-corrected chi connectivity index (χ0v) is 16.3. The monoisotopic (exact) mass is 410 g/mol. The fraction of sp³-hybridized carbons (Fsp3) is 0.200. The van der Waals surface area contributed by atoms with E-state index < -0.39 is 0 Å². The Hall–Kier alpha value is -2.84. The fourth-order valence-corrected chi connectivity index (χ4v) is 4.99. The summed E-state index contributed by atoms with van der Waals surface area (Å²) in [6.07, 6.45) is 0.375. The van der Waals surface area contributed by atoms with Gasteiger partial charge in [-0.1, -0.05) is 12.1 Å². The molecule has 3 heterocycles. The normalized spacial score (nSPS) is 15.3. The van der Waals surface area contributed by atoms with Crippen molar-refractivity contribution < 1.29 is 19.1 Å². The molecule has 0 radical (unpaired) electrons. The highest BCUT2D eigenvalue weighted by atomic mass is 32.1. The molecule has 0 N–H and O–H groups in total. The molecule has 0 spiro atoms. The number of cyclic esters (lactones) is 2. The largest absolute Gasteiger partial charge is 0.458 e. The molecule has 0 fully saturated rings. The van der Waals surface area contributed by atoms with Crippen molar-refractivity contribution in [2.24, 2.45) is 0 Å². The quantitative estimate of drug-likeness (QED) is 0.411. The number of carbonyl (C=O) groups is 2. The Kier molecular flexibility index (Phi) is 4.29. The van der Waals surface area contributed by atoms with Gasteiger partial charge in [0.15, 0.2) is 0 Å². The van der Waals surface area contributed by atoms with Gasteiger partial charge in [0, 0.05) is 0 Å². The first-order chi connectivity index (χ1) is 13.6. The number of thiazole rings is 2. The highest BCUT2D eigenvalue weighted by molar-refractivity contribution is 7.18. The summed E-state index contributed by atoms with van der Waals surface area (Å²) in [6, 6.07) is 11.3. The Morgan fingerprint density at radius 2 is 1.18 bits per heavy atom. The number of aromatic nitrogens is 2. The van der Waals surface area contributed by atoms with Gasteiger partial charge in [-0.2, -0.15) is 0 Å². The van der Waals surface area contributed by atoms with Gasteiger partial charge in [-0.05, 0) is 35.4 Å². The second kappa shape index (κ2) is 6.96. The summed E-state index contributed by atoms with van der Waals surface area (Å²) >= 11 is 2.92. The molecule has 28 heavy (non-hydrogen) atoms. The summed E-state index contributed by atoms with van der Waals surface area (Å²) in [5.41, 5.74) is 3.37. The maximum atomic E-state index is 12.2. The molecule has 1 aliphatic rings. The van der Waals surface area contributed by atoms with Crippen LogP contribution in [-0.4, -0.2) is 21.9 Å². The molecule has 6 nitrogen and oxygen atoms in total. The molecule has 4 aromatic rings. The highest BCUT2D eigenvalue weighted by Gasteiger charge is 2.14. The van der Waals surface area contributed by atoms with E-state index in [-0.39, 0.29) is 38.0 Å². The van der Waals surface area contributed by atoms with Crippen LogP contribution in [0.4, 0.5) is 0 Å². The van der Waals surface area contributed by atoms with Crippen molar-refractivity contribution in [1.82, 2.24) is 9.97 Å². The maximum absolute atomic E-state index is 12.2. The minimum absolute atomic E-state index is 0.141. The smallest absolute Gasteiger partial charge is 0.310 e. The van der Waals surface area contributed by atoms with E-state index in [1.165, 1.54) is 22.7 Å². The minimum Gasteiger partial charge on any atom is -0.458 e. The highest BCUT2D eigenvalue weighted by Crippen LogP contribution is 2.26. The van der Waals surface area contributed by atoms with Crippen LogP contribution in [0, 0.1) is 0 Å². The number of esters is 2. The van der Waals surface area contributed by atoms with E-state index in [1.807, 2.05) is 36.4 Å². The van der Waals surface area contributed by atoms with Crippen LogP contribution in [0.5, 0.6) is 0 Å². The number of rotatable bonds is 0. The van der Waals surface area contributed by atoms with Crippen LogP contribution >= 0.6 is 22.7 Å². The molecule has 2 aromatic heterocycles. The topological polar surface area (TPSA) is 78.4 Å². The summed E-state index contributed by atoms with van der Waals surface area (Å²) in [4.78, 5) is 33.4. The molecule has 5 rings (SSSR count). The van der Waals surface area contributed by atoms with Gasteiger partial charge < -0.3 is 9.47 Å². The lowest BCUT2D eigenvalue weighted by Gasteiger charge is -2.03. The fourth-order valence-electron chi connectivity index (χ4n) is 3.10. The molecular weight excluding hydrogens is 396 g/mol. The van der Waals surface area contributed by atoms with Crippen molar-refractivity contribution in [2.75, 3.05) is 0 Å². The minimum atomic E-state index is -0.293. The Labute approximate surface area is 167 Å². The molecule has 0 saturated heterocycles. The Morgan fingerprint density at radius 3 is 1.64 bits per heavy atom. The second-order valence-corrected chi connectivity index (χ2v) is 8.72. The van der Waals surface area contributed by atoms with Crippen LogP contribution in [0.2, 0.25) is 0 Å². The van der Waals surface area contributed by atoms with Gasteiger partial charge in [0.2, 0.25) is 0 Å². The molecule has 6 bridgehead atoms. The van der Waals surface area contributed by atoms with Crippen molar-refractivity contribution >= 4 is 55.0 Å². The van der Waals surface area contributed by atoms with Gasteiger partial charge in [0.25, 0.3) is 0 Å². The van der Waals surface area contributed by atoms with Crippen LogP contribution in [0.25, 0.3) is 20.4 Å². The number of ether oxygens (including phenoxy) is 2. The molecule has 0 atom stereocenters. The molecule has 0 unspecified atom stereocenters. The number of hydrogen-bond donors (Lipinski definition) is 0. The van der Waals surface area contributed by atoms with Gasteiger partial charge in [0.1, 0.15) is 23.2 Å². The van der Waals surface area contributed by atoms with E-state index in [0.29, 0.717) is 0 Å². The molecule has 0 aliphatic carbocycles. The lowest BCUT2D eigenvalue weighted by Crippen LogP contribution is -2.07. The van der Waals surface area contributed by atoms with Crippen molar-refractivity contribution in [3.8, 4) is 0 Å². The van der Waals surface area contributed by atoms with E-state index >= 15 is 0 Å². The Balaban J connectivity index is 1.50. The van der Waals surface area contributed by atoms with Crippen LogP contribution in [0.1, 0.15) is 21.1 Å². The van der Waals surface area contributed by atoms with Crippen molar-refractivity contribution in [3.63, 3.8) is 0 Å². The predicted octanol–water partition coefficient (Wildman–Crippen LogP) is 3.79. The molecule has 1 aliphatic heterocycles. The molecule has 2 aromatic carbocycles. The average Bonchev–Trinajstić information content (AvgIpc) is 3.26. The van der Waals surface area contributed by atoms with E-state index in [4.69, 9.17) is 9.47 Å². The van der Waals surface area contributed by atoms with Gasteiger partial charge in [-0.25, -0.2) is 9.97 Å². The number of fused-ring (bicyclic) bond motifs is 4. The summed E-state index contributed by atoms with van der Waals surface area (Å²) in [7, 11) is 0. The lowest BCUT2D eigenvalue weighted by atomic mass is 10.1. The van der Waals surface area contributed by atoms with Gasteiger partial charge >= 0.3 is 11.9 Å². The summed E-state index contributed by atoms with van der Waals surface area (Å²) in [5.74, 6) is -0.585. The summed E-state index contributed by atoms with van der Waals surface area (Å²) in [6.45, 7) is 0.283. The number of carbonyl (C=O) groups excluding carboxylic acids is 2. The molecular formula is C20H14N2O4S2. The third kappa shape index (κ3) is 3.48. The molecule has 140 valence electrons. The van der Waals surface area contributed by atoms with Crippen LogP contribution in [-0.2, 0) is 45.1 Å². The van der Waals surface area contributed by atoms with Crippen molar-refractivity contribution in [3.05, 3.63) is 57.5 Å². The predicted molar refractivity (Wildman–Crippen MR) is 106 cm³/mol. The van der Waals surface area contributed by atoms with Crippen LogP contribution in [0.15, 0.2) is 36.4 Å². The molecule has 0 amide bonds. The van der Waals surface area contributed by atoms with Crippen LogP contribution < -0.4 is 0 Å². The van der Waals surface area contributed by atoms with E-state index in [1.54, 1.807) is 0 Å². The zero-order valence-electron chi connectivity index (χ0n) is 14.6. The lowest BCUT2D eigenvalue weighted by molar-refractivity contribution is -0.145. The number of benzene rings is 2. The maximum Gasteiger partial charge on any atom is 0.310 e. The number of hydrogen-bond acceptors (Lipinski definition) is 8. The standard InChI is InChI=1S/C20H14N2O4S2/c23-19-7-11-1-3-13-15(5-11)27-17(21-13)9-26-20(24)8-12-2-4-14-16(6-12)28-18(22-14)10-25-19/h1-6H,7-10H2. The van der Waals surface area contributed by atoms with Crippen molar-refractivity contribution in [2.45, 2.75) is 26.1 Å². The first-order valence-electron chi connectivity index (χ1n) is 8.70. The third-order valence-corrected chi connectivity index (χ3v) is 6.39. The Morgan fingerprint density at radius 1 is 0.714 bits per heavy atom. The summed E-state index contributed by atoms with van der Waals surface area (Å²) in [5, 5.41) is 1.46. The van der Waals surface area contributed by atoms with E-state index in [9.17, 15) is 9.59 Å². The van der Waals surface area contributed by atoms with Crippen LogP contribution in [0.3, 0.4) is 0 Å². The first-order valence-corrected chi connectivity index (χ1v) is 10.3. The first kappa shape index (κ1) is 17.3. The zero-order chi connectivity index (χ0) is 19.1. The Bertz CT molecular complexity index is 1130. The summed E-state index contributed by atoms with van der Waals surface area (Å²) < 4.78 is 12.7. The third-order valence-electron chi connectivity index (χ3n) is 4.40. The second-order valence-electron chi connectivity index (χ2n) is 6.49. The van der Waals surface area contributed by atoms with Crippen molar-refractivity contribution in [1.29, 1.82) is 0 Å². The molecule has 8 heteroatoms. The SMILES string of the molecule is O=C1Cc2ccc3nc(sc3c2)COC(=O)Cc2ccc3nc(sc3c2)CO1. The average molecular weight is 410 g/mol. The van der Waals surface area contributed by atoms with Gasteiger partial charge in [-0.15, -0.1) is 22.7 Å². The van der Waals surface area contributed by atoms with Gasteiger partial charge in [-0.3, -0.25) is 9.59 Å². The van der Waals surface area contributed by atoms with E-state index in [0.717, 1.165) is 41.6 Å². The van der Waals surface area contributed by atoms with Gasteiger partial charge in [0.05, 0.1) is 33.3 Å².